The minimum Gasteiger partial charge on any atom is -0.497 e. The molecule has 2 aromatic carbocycles. The number of H-pyrrole nitrogens is 1. The van der Waals surface area contributed by atoms with E-state index in [0.29, 0.717) is 5.92 Å². The van der Waals surface area contributed by atoms with Gasteiger partial charge in [-0.05, 0) is 91.3 Å². The van der Waals surface area contributed by atoms with E-state index in [-0.39, 0.29) is 6.10 Å². The number of aliphatic hydroxyl groups is 1. The number of methoxy groups -OCH3 is 1. The highest BCUT2D eigenvalue weighted by molar-refractivity contribution is 5.85. The first-order chi connectivity index (χ1) is 15.2. The molecule has 2 fully saturated rings. The molecule has 1 saturated carbocycles. The van der Waals surface area contributed by atoms with Gasteiger partial charge in [0.2, 0.25) is 0 Å². The predicted molar refractivity (Wildman–Crippen MR) is 124 cm³/mol. The van der Waals surface area contributed by atoms with Crippen molar-refractivity contribution in [3.05, 3.63) is 64.8 Å². The van der Waals surface area contributed by atoms with Gasteiger partial charge in [-0.1, -0.05) is 24.3 Å². The zero-order chi connectivity index (χ0) is 20.9. The number of hydrogen-bond acceptors (Lipinski definition) is 3. The van der Waals surface area contributed by atoms with E-state index < -0.39 is 0 Å². The summed E-state index contributed by atoms with van der Waals surface area (Å²) in [6.07, 6.45) is 5.58. The van der Waals surface area contributed by atoms with E-state index in [4.69, 9.17) is 4.74 Å². The van der Waals surface area contributed by atoms with E-state index in [1.54, 1.807) is 12.7 Å². The summed E-state index contributed by atoms with van der Waals surface area (Å²) in [7, 11) is 1.72. The Morgan fingerprint density at radius 2 is 1.97 bits per heavy atom. The van der Waals surface area contributed by atoms with Crippen LogP contribution in [0.15, 0.2) is 42.5 Å². The highest BCUT2D eigenvalue weighted by Gasteiger charge is 2.40. The molecule has 4 heteroatoms. The number of rotatable bonds is 5. The third kappa shape index (κ3) is 3.77. The maximum atomic E-state index is 9.71. The maximum Gasteiger partial charge on any atom is 0.119 e. The predicted octanol–water partition coefficient (Wildman–Crippen LogP) is 4.18. The van der Waals surface area contributed by atoms with Gasteiger partial charge in [0, 0.05) is 29.7 Å². The molecule has 4 unspecified atom stereocenters. The van der Waals surface area contributed by atoms with Crippen LogP contribution in [0.5, 0.6) is 5.75 Å². The first-order valence-electron chi connectivity index (χ1n) is 11.8. The van der Waals surface area contributed by atoms with Crippen LogP contribution in [0.3, 0.4) is 0 Å². The van der Waals surface area contributed by atoms with Gasteiger partial charge in [0.1, 0.15) is 5.75 Å². The van der Waals surface area contributed by atoms with Crippen LogP contribution in [-0.4, -0.2) is 47.8 Å². The van der Waals surface area contributed by atoms with Crippen molar-refractivity contribution in [2.45, 2.75) is 38.2 Å². The fourth-order valence-electron chi connectivity index (χ4n) is 6.00. The van der Waals surface area contributed by atoms with Gasteiger partial charge in [-0.25, -0.2) is 0 Å². The Hall–Kier alpha value is -2.30. The van der Waals surface area contributed by atoms with Crippen LogP contribution in [0.4, 0.5) is 0 Å². The standard InChI is InChI=1S/C27H32N2O2/c1-31-22-4-2-3-17(10-22)9-18-5-6-23-24-12-20-15-29(16-21-14-27(21)30)8-7-19(20)13-26(24)28-25(23)11-18/h2-6,10-11,19-21,27-28,30H,7-9,12-16H2,1H3. The molecule has 1 aliphatic heterocycles. The van der Waals surface area contributed by atoms with Gasteiger partial charge in [-0.3, -0.25) is 0 Å². The van der Waals surface area contributed by atoms with Crippen molar-refractivity contribution in [3.63, 3.8) is 0 Å². The lowest BCUT2D eigenvalue weighted by Gasteiger charge is -2.41. The number of aromatic amines is 1. The van der Waals surface area contributed by atoms with Crippen molar-refractivity contribution in [1.29, 1.82) is 0 Å². The van der Waals surface area contributed by atoms with Crippen LogP contribution >= 0.6 is 0 Å². The molecule has 1 saturated heterocycles. The van der Waals surface area contributed by atoms with Crippen molar-refractivity contribution >= 4 is 10.9 Å². The quantitative estimate of drug-likeness (QED) is 0.656. The van der Waals surface area contributed by atoms with Gasteiger partial charge >= 0.3 is 0 Å². The number of aliphatic hydroxyl groups excluding tert-OH is 1. The largest absolute Gasteiger partial charge is 0.497 e. The summed E-state index contributed by atoms with van der Waals surface area (Å²) in [6, 6.07) is 15.3. The third-order valence-corrected chi connectivity index (χ3v) is 7.89. The molecule has 6 rings (SSSR count). The number of piperidine rings is 1. The number of nitrogens with one attached hydrogen (secondary N) is 1. The molecule has 2 heterocycles. The van der Waals surface area contributed by atoms with Gasteiger partial charge in [0.25, 0.3) is 0 Å². The lowest BCUT2D eigenvalue weighted by atomic mass is 9.74. The summed E-state index contributed by atoms with van der Waals surface area (Å²) in [6.45, 7) is 3.50. The van der Waals surface area contributed by atoms with Gasteiger partial charge in [-0.15, -0.1) is 0 Å². The van der Waals surface area contributed by atoms with Crippen LogP contribution in [0, 0.1) is 17.8 Å². The SMILES string of the molecule is COc1cccc(Cc2ccc3c4c([nH]c3c2)CC2CCN(CC3CC3O)CC2C4)c1. The van der Waals surface area contributed by atoms with E-state index >= 15 is 0 Å². The molecule has 3 aliphatic rings. The van der Waals surface area contributed by atoms with Crippen molar-refractivity contribution < 1.29 is 9.84 Å². The number of likely N-dealkylation sites (tertiary alicyclic amines) is 1. The second-order valence-corrected chi connectivity index (χ2v) is 10.0. The molecule has 2 aliphatic carbocycles. The Morgan fingerprint density at radius 1 is 1.10 bits per heavy atom. The maximum absolute atomic E-state index is 9.71. The molecule has 0 radical (unpaired) electrons. The lowest BCUT2D eigenvalue weighted by molar-refractivity contribution is 0.102. The number of fused-ring (bicyclic) bond motifs is 4. The lowest BCUT2D eigenvalue weighted by Crippen LogP contribution is -2.44. The van der Waals surface area contributed by atoms with Gasteiger partial charge < -0.3 is 19.7 Å². The second kappa shape index (κ2) is 7.68. The average Bonchev–Trinajstić information content (AvgIpc) is 3.35. The second-order valence-electron chi connectivity index (χ2n) is 10.0. The van der Waals surface area contributed by atoms with E-state index in [0.717, 1.165) is 37.0 Å². The van der Waals surface area contributed by atoms with E-state index in [1.165, 1.54) is 60.1 Å². The Kier molecular flexibility index (Phi) is 4.81. The van der Waals surface area contributed by atoms with Crippen LogP contribution in [0.25, 0.3) is 10.9 Å². The minimum absolute atomic E-state index is 0.0320. The Labute approximate surface area is 184 Å². The Morgan fingerprint density at radius 3 is 2.81 bits per heavy atom. The van der Waals surface area contributed by atoms with Crippen LogP contribution in [-0.2, 0) is 19.3 Å². The van der Waals surface area contributed by atoms with E-state index in [9.17, 15) is 5.11 Å². The molecule has 4 nitrogen and oxygen atoms in total. The van der Waals surface area contributed by atoms with Gasteiger partial charge in [-0.2, -0.15) is 0 Å². The highest BCUT2D eigenvalue weighted by Crippen LogP contribution is 2.40. The molecule has 0 bridgehead atoms. The number of ether oxygens (including phenoxy) is 1. The molecular formula is C27H32N2O2. The summed E-state index contributed by atoms with van der Waals surface area (Å²) in [5.74, 6) is 3.01. The smallest absolute Gasteiger partial charge is 0.119 e. The van der Waals surface area contributed by atoms with Crippen molar-refractivity contribution in [1.82, 2.24) is 9.88 Å². The molecule has 4 atom stereocenters. The highest BCUT2D eigenvalue weighted by atomic mass is 16.5. The Balaban J connectivity index is 1.21. The van der Waals surface area contributed by atoms with E-state index in [1.807, 2.05) is 6.07 Å². The van der Waals surface area contributed by atoms with Gasteiger partial charge in [0.05, 0.1) is 13.2 Å². The number of aromatic nitrogens is 1. The molecule has 0 amide bonds. The zero-order valence-corrected chi connectivity index (χ0v) is 18.3. The third-order valence-electron chi connectivity index (χ3n) is 7.89. The molecule has 31 heavy (non-hydrogen) atoms. The normalized spacial score (nSPS) is 27.7. The molecule has 0 spiro atoms. The number of nitrogens with zero attached hydrogens (tertiary/aromatic N) is 1. The van der Waals surface area contributed by atoms with Crippen LogP contribution in [0.1, 0.15) is 35.2 Å². The van der Waals surface area contributed by atoms with Crippen molar-refractivity contribution in [2.75, 3.05) is 26.7 Å². The molecule has 2 N–H and O–H groups in total. The zero-order valence-electron chi connectivity index (χ0n) is 18.3. The topological polar surface area (TPSA) is 48.5 Å². The first kappa shape index (κ1) is 19.4. The van der Waals surface area contributed by atoms with Crippen LogP contribution in [0.2, 0.25) is 0 Å². The molecular weight excluding hydrogens is 384 g/mol. The van der Waals surface area contributed by atoms with Gasteiger partial charge in [0.15, 0.2) is 0 Å². The molecule has 3 aromatic rings. The summed E-state index contributed by atoms with van der Waals surface area (Å²) in [4.78, 5) is 6.40. The monoisotopic (exact) mass is 416 g/mol. The fourth-order valence-corrected chi connectivity index (χ4v) is 6.00. The summed E-state index contributed by atoms with van der Waals surface area (Å²) in [5.41, 5.74) is 6.94. The number of benzene rings is 2. The summed E-state index contributed by atoms with van der Waals surface area (Å²) in [5, 5.41) is 11.1. The first-order valence-corrected chi connectivity index (χ1v) is 11.8. The molecule has 162 valence electrons. The van der Waals surface area contributed by atoms with Crippen molar-refractivity contribution in [3.8, 4) is 5.75 Å². The minimum atomic E-state index is -0.0320. The number of hydrogen-bond donors (Lipinski definition) is 2. The summed E-state index contributed by atoms with van der Waals surface area (Å²) < 4.78 is 5.38. The fraction of sp³-hybridized carbons (Fsp3) is 0.481. The van der Waals surface area contributed by atoms with Crippen LogP contribution < -0.4 is 4.74 Å². The van der Waals surface area contributed by atoms with Crippen molar-refractivity contribution in [2.24, 2.45) is 17.8 Å². The van der Waals surface area contributed by atoms with E-state index in [2.05, 4.69) is 46.3 Å². The Bertz CT molecular complexity index is 1100. The summed E-state index contributed by atoms with van der Waals surface area (Å²) >= 11 is 0. The molecule has 1 aromatic heterocycles. The average molecular weight is 417 g/mol.